The molecule has 0 aromatic heterocycles. The maximum absolute atomic E-state index is 6.29. The molecule has 1 aliphatic rings. The molecule has 40 heavy (non-hydrogen) atoms. The molecule has 1 unspecified atom stereocenters. The van der Waals surface area contributed by atoms with E-state index in [4.69, 9.17) is 42.3 Å². The van der Waals surface area contributed by atoms with Crippen LogP contribution in [0, 0.1) is 0 Å². The van der Waals surface area contributed by atoms with Crippen LogP contribution in [0.15, 0.2) is 84.0 Å². The molecule has 1 heterocycles. The van der Waals surface area contributed by atoms with Crippen LogP contribution in [0.5, 0.6) is 0 Å². The van der Waals surface area contributed by atoms with Gasteiger partial charge in [0.05, 0.1) is 34.6 Å². The lowest BCUT2D eigenvalue weighted by molar-refractivity contribution is 0.0963. The first-order valence-electron chi connectivity index (χ1n) is 12.8. The first kappa shape index (κ1) is 34.6. The van der Waals surface area contributed by atoms with Crippen LogP contribution in [-0.4, -0.2) is 59.5 Å². The third-order valence-corrected chi connectivity index (χ3v) is 9.91. The average molecular weight is 595 g/mol. The molecule has 1 atom stereocenters. The van der Waals surface area contributed by atoms with Gasteiger partial charge in [-0.2, -0.15) is 4.99 Å². The number of guanidine groups is 1. The summed E-state index contributed by atoms with van der Waals surface area (Å²) >= 11 is 0. The van der Waals surface area contributed by atoms with Crippen LogP contribution in [0.25, 0.3) is 0 Å². The zero-order valence-corrected chi connectivity index (χ0v) is 27.0. The highest BCUT2D eigenvalue weighted by Gasteiger charge is 2.66. The Morgan fingerprint density at radius 3 is 1.55 bits per heavy atom. The van der Waals surface area contributed by atoms with E-state index in [0.29, 0.717) is 60.1 Å². The standard InChI is InChI=1S/C26H46N6O6Si2/c1-14-16-29-32-24(28-17-15-27)30-25(39(33-18(2)3,34-19(4)5)35-20(6)7)31-26(32)40(36-21(8)9,37-22(10)11)38-23(12)13/h26,29H,2,4,6,8,10,12,14-17,27H2,1,3,5,7,9,11,13H3,(H,28,30,31). The summed E-state index contributed by atoms with van der Waals surface area (Å²) in [5, 5.41) is 4.91. The van der Waals surface area contributed by atoms with Crippen LogP contribution in [0.1, 0.15) is 54.9 Å². The van der Waals surface area contributed by atoms with Gasteiger partial charge in [-0.05, 0) is 48.0 Å². The molecule has 0 fully saturated rings. The van der Waals surface area contributed by atoms with Crippen molar-refractivity contribution in [3.63, 3.8) is 0 Å². The van der Waals surface area contributed by atoms with Gasteiger partial charge in [0.2, 0.25) is 17.2 Å². The average Bonchev–Trinajstić information content (AvgIpc) is 2.78. The number of rotatable bonds is 19. The van der Waals surface area contributed by atoms with Crippen molar-refractivity contribution in [2.75, 3.05) is 19.6 Å². The summed E-state index contributed by atoms with van der Waals surface area (Å²) < 4.78 is 37.4. The van der Waals surface area contributed by atoms with Crippen molar-refractivity contribution >= 4 is 29.0 Å². The number of hydrogen-bond donors (Lipinski definition) is 3. The summed E-state index contributed by atoms with van der Waals surface area (Å²) in [4.78, 5) is 9.79. The summed E-state index contributed by atoms with van der Waals surface area (Å²) in [7, 11) is -8.04. The third kappa shape index (κ3) is 9.93. The lowest BCUT2D eigenvalue weighted by Gasteiger charge is -2.42. The molecule has 0 radical (unpaired) electrons. The molecule has 12 nitrogen and oxygen atoms in total. The van der Waals surface area contributed by atoms with Gasteiger partial charge >= 0.3 is 17.6 Å². The lowest BCUT2D eigenvalue weighted by Crippen LogP contribution is -2.70. The van der Waals surface area contributed by atoms with Gasteiger partial charge in [0.25, 0.3) is 0 Å². The van der Waals surface area contributed by atoms with E-state index in [9.17, 15) is 0 Å². The fourth-order valence-corrected chi connectivity index (χ4v) is 8.53. The molecular weight excluding hydrogens is 548 g/mol. The summed E-state index contributed by atoms with van der Waals surface area (Å²) in [6, 6.07) is 0. The molecular formula is C26H46N6O6Si2. The minimum absolute atomic E-state index is 0.0680. The van der Waals surface area contributed by atoms with Gasteiger partial charge in [-0.3, -0.25) is 0 Å². The van der Waals surface area contributed by atoms with E-state index < -0.39 is 23.4 Å². The van der Waals surface area contributed by atoms with Crippen molar-refractivity contribution in [1.29, 1.82) is 0 Å². The quantitative estimate of drug-likeness (QED) is 0.148. The highest BCUT2D eigenvalue weighted by atomic mass is 28.4. The molecule has 0 amide bonds. The van der Waals surface area contributed by atoms with E-state index in [0.717, 1.165) is 6.42 Å². The number of amidine groups is 1. The Hall–Kier alpha value is -3.47. The molecule has 0 spiro atoms. The summed E-state index contributed by atoms with van der Waals surface area (Å²) in [5.41, 5.74) is 9.25. The van der Waals surface area contributed by atoms with E-state index in [1.54, 1.807) is 46.6 Å². The van der Waals surface area contributed by atoms with Crippen LogP contribution in [0.4, 0.5) is 0 Å². The summed E-state index contributed by atoms with van der Waals surface area (Å²) in [6.07, 6.45) is 0.789. The maximum Gasteiger partial charge on any atom is 0.775 e. The van der Waals surface area contributed by atoms with E-state index in [1.807, 2.05) is 6.92 Å². The number of allylic oxidation sites excluding steroid dienone is 6. The number of hydrogen-bond acceptors (Lipinski definition) is 12. The number of aliphatic imine (C=N–C) groups is 2. The fraction of sp³-hybridized carbons (Fsp3) is 0.462. The van der Waals surface area contributed by atoms with E-state index in [1.165, 1.54) is 0 Å². The minimum atomic E-state index is -4.04. The number of nitrogens with zero attached hydrogens (tertiary/aromatic N) is 3. The molecule has 14 heteroatoms. The molecule has 0 aliphatic carbocycles. The second-order valence-corrected chi connectivity index (χ2v) is 13.7. The van der Waals surface area contributed by atoms with Crippen LogP contribution in [-0.2, 0) is 26.6 Å². The molecule has 0 aromatic carbocycles. The monoisotopic (exact) mass is 594 g/mol. The van der Waals surface area contributed by atoms with E-state index in [2.05, 4.69) is 50.2 Å². The molecule has 0 saturated heterocycles. The Morgan fingerprint density at radius 2 is 1.20 bits per heavy atom. The smallest absolute Gasteiger partial charge is 0.486 e. The largest absolute Gasteiger partial charge is 0.775 e. The molecule has 4 N–H and O–H groups in total. The van der Waals surface area contributed by atoms with Crippen molar-refractivity contribution in [2.24, 2.45) is 15.7 Å². The summed E-state index contributed by atoms with van der Waals surface area (Å²) in [5.74, 6) is 1.22. The van der Waals surface area contributed by atoms with Crippen molar-refractivity contribution in [3.8, 4) is 0 Å². The van der Waals surface area contributed by atoms with Crippen LogP contribution < -0.4 is 16.5 Å². The molecule has 0 aromatic rings. The van der Waals surface area contributed by atoms with Gasteiger partial charge in [0, 0.05) is 19.6 Å². The van der Waals surface area contributed by atoms with Gasteiger partial charge in [0.15, 0.2) is 0 Å². The molecule has 0 bridgehead atoms. The minimum Gasteiger partial charge on any atom is -0.486 e. The van der Waals surface area contributed by atoms with Crippen LogP contribution >= 0.6 is 0 Å². The van der Waals surface area contributed by atoms with Gasteiger partial charge in [-0.15, -0.1) is 0 Å². The van der Waals surface area contributed by atoms with Crippen LogP contribution in [0.3, 0.4) is 0 Å². The van der Waals surface area contributed by atoms with Crippen molar-refractivity contribution < 1.29 is 26.6 Å². The summed E-state index contributed by atoms with van der Waals surface area (Å²) in [6.45, 7) is 36.8. The van der Waals surface area contributed by atoms with E-state index >= 15 is 0 Å². The van der Waals surface area contributed by atoms with E-state index in [-0.39, 0.29) is 5.46 Å². The lowest BCUT2D eigenvalue weighted by atomic mass is 10.5. The van der Waals surface area contributed by atoms with Crippen molar-refractivity contribution in [1.82, 2.24) is 15.8 Å². The zero-order chi connectivity index (χ0) is 30.7. The Morgan fingerprint density at radius 1 is 0.775 bits per heavy atom. The predicted octanol–water partition coefficient (Wildman–Crippen LogP) is 4.10. The number of hydrazine groups is 1. The highest BCUT2D eigenvalue weighted by molar-refractivity contribution is 6.94. The zero-order valence-electron chi connectivity index (χ0n) is 25.0. The molecule has 224 valence electrons. The second kappa shape index (κ2) is 15.4. The Balaban J connectivity index is 4.20. The number of nitrogens with two attached hydrogens (primary N) is 1. The molecule has 1 aliphatic heterocycles. The first-order valence-corrected chi connectivity index (χ1v) is 16.3. The van der Waals surface area contributed by atoms with Gasteiger partial charge in [-0.1, -0.05) is 46.4 Å². The van der Waals surface area contributed by atoms with Crippen LogP contribution in [0.2, 0.25) is 0 Å². The Labute approximate surface area is 241 Å². The van der Waals surface area contributed by atoms with Gasteiger partial charge in [-0.25, -0.2) is 15.4 Å². The maximum atomic E-state index is 6.29. The van der Waals surface area contributed by atoms with Gasteiger partial charge in [0.1, 0.15) is 0 Å². The number of nitrogens with one attached hydrogen (secondary N) is 2. The van der Waals surface area contributed by atoms with Crippen molar-refractivity contribution in [2.45, 2.75) is 60.7 Å². The normalized spacial score (nSPS) is 15.1. The van der Waals surface area contributed by atoms with Crippen molar-refractivity contribution in [3.05, 3.63) is 74.0 Å². The fourth-order valence-electron chi connectivity index (χ4n) is 3.40. The SMILES string of the molecule is C=C(C)O[Si](OC(=C)C)(OC(=C)C)C1=NC([Si](OC(=C)C)(OC(=C)C)OC(=C)C)N(NCCC)C(NCCN)=N1. The first-order chi connectivity index (χ1) is 18.6. The highest BCUT2D eigenvalue weighted by Crippen LogP contribution is 2.32. The topological polar surface area (TPSA) is 133 Å². The molecule has 0 saturated carbocycles. The molecule has 1 rings (SSSR count). The Kier molecular flexibility index (Phi) is 13.3. The Bertz CT molecular complexity index is 979. The predicted molar refractivity (Wildman–Crippen MR) is 163 cm³/mol. The second-order valence-electron chi connectivity index (χ2n) is 9.24. The van der Waals surface area contributed by atoms with Gasteiger partial charge < -0.3 is 37.6 Å². The third-order valence-electron chi connectivity index (χ3n) is 4.35.